The minimum atomic E-state index is -0.401. The Morgan fingerprint density at radius 3 is 2.33 bits per heavy atom. The number of hydrogen-bond donors (Lipinski definition) is 1. The van der Waals surface area contributed by atoms with E-state index in [1.54, 1.807) is 0 Å². The summed E-state index contributed by atoms with van der Waals surface area (Å²) in [7, 11) is 0. The fourth-order valence-electron chi connectivity index (χ4n) is 3.80. The highest BCUT2D eigenvalue weighted by Crippen LogP contribution is 2.34. The van der Waals surface area contributed by atoms with E-state index < -0.39 is 6.04 Å². The van der Waals surface area contributed by atoms with Gasteiger partial charge < -0.3 is 10.2 Å². The molecule has 2 rings (SSSR count). The van der Waals surface area contributed by atoms with Crippen molar-refractivity contribution in [2.45, 2.75) is 84.8 Å². The SMILES string of the molecule is CCC1C(=O)NC(C(C)(C)C)C(=O)N1C1CCCCC1C. The Bertz CT molecular complexity index is 414. The van der Waals surface area contributed by atoms with Crippen LogP contribution in [0.4, 0.5) is 0 Å². The van der Waals surface area contributed by atoms with E-state index in [0.717, 1.165) is 19.3 Å². The lowest BCUT2D eigenvalue weighted by atomic mass is 9.79. The van der Waals surface area contributed by atoms with Crippen molar-refractivity contribution >= 4 is 11.8 Å². The molecule has 1 aliphatic carbocycles. The van der Waals surface area contributed by atoms with Gasteiger partial charge in [-0.15, -0.1) is 0 Å². The predicted octanol–water partition coefficient (Wildman–Crippen LogP) is 2.72. The van der Waals surface area contributed by atoms with Crippen LogP contribution in [0, 0.1) is 11.3 Å². The molecule has 1 heterocycles. The molecule has 1 saturated heterocycles. The van der Waals surface area contributed by atoms with Gasteiger partial charge in [0.1, 0.15) is 12.1 Å². The Kier molecular flexibility index (Phi) is 4.64. The van der Waals surface area contributed by atoms with Crippen LogP contribution < -0.4 is 5.32 Å². The number of carbonyl (C=O) groups is 2. The first-order chi connectivity index (χ1) is 9.77. The molecule has 4 heteroatoms. The van der Waals surface area contributed by atoms with Crippen LogP contribution in [0.2, 0.25) is 0 Å². The third-order valence-corrected chi connectivity index (χ3v) is 5.10. The third kappa shape index (κ3) is 3.09. The molecule has 2 fully saturated rings. The monoisotopic (exact) mass is 294 g/mol. The molecule has 1 saturated carbocycles. The average molecular weight is 294 g/mol. The Morgan fingerprint density at radius 1 is 1.19 bits per heavy atom. The van der Waals surface area contributed by atoms with Crippen molar-refractivity contribution in [3.63, 3.8) is 0 Å². The van der Waals surface area contributed by atoms with Crippen molar-refractivity contribution in [1.82, 2.24) is 10.2 Å². The summed E-state index contributed by atoms with van der Waals surface area (Å²) >= 11 is 0. The maximum absolute atomic E-state index is 13.0. The molecule has 4 nitrogen and oxygen atoms in total. The molecule has 0 radical (unpaired) electrons. The zero-order valence-corrected chi connectivity index (χ0v) is 14.1. The van der Waals surface area contributed by atoms with Crippen LogP contribution in [0.3, 0.4) is 0 Å². The Labute approximate surface area is 128 Å². The van der Waals surface area contributed by atoms with Crippen molar-refractivity contribution in [2.24, 2.45) is 11.3 Å². The minimum Gasteiger partial charge on any atom is -0.342 e. The highest BCUT2D eigenvalue weighted by molar-refractivity contribution is 5.97. The van der Waals surface area contributed by atoms with Gasteiger partial charge in [-0.3, -0.25) is 9.59 Å². The van der Waals surface area contributed by atoms with Crippen molar-refractivity contribution in [2.75, 3.05) is 0 Å². The topological polar surface area (TPSA) is 49.4 Å². The van der Waals surface area contributed by atoms with Crippen LogP contribution >= 0.6 is 0 Å². The first kappa shape index (κ1) is 16.3. The van der Waals surface area contributed by atoms with E-state index in [4.69, 9.17) is 0 Å². The Balaban J connectivity index is 2.32. The number of carbonyl (C=O) groups excluding carboxylic acids is 2. The molecule has 0 spiro atoms. The number of nitrogens with zero attached hydrogens (tertiary/aromatic N) is 1. The van der Waals surface area contributed by atoms with Crippen molar-refractivity contribution < 1.29 is 9.59 Å². The minimum absolute atomic E-state index is 0.0230. The molecule has 120 valence electrons. The number of nitrogens with one attached hydrogen (secondary N) is 1. The lowest BCUT2D eigenvalue weighted by Gasteiger charge is -2.49. The smallest absolute Gasteiger partial charge is 0.246 e. The highest BCUT2D eigenvalue weighted by atomic mass is 16.2. The predicted molar refractivity (Wildman–Crippen MR) is 83.7 cm³/mol. The number of hydrogen-bond acceptors (Lipinski definition) is 2. The van der Waals surface area contributed by atoms with Gasteiger partial charge in [-0.05, 0) is 30.6 Å². The van der Waals surface area contributed by atoms with Crippen molar-refractivity contribution in [3.8, 4) is 0 Å². The first-order valence-corrected chi connectivity index (χ1v) is 8.40. The molecule has 1 aliphatic heterocycles. The number of piperazine rings is 1. The van der Waals surface area contributed by atoms with Gasteiger partial charge in [0.2, 0.25) is 11.8 Å². The largest absolute Gasteiger partial charge is 0.342 e. The fourth-order valence-corrected chi connectivity index (χ4v) is 3.80. The van der Waals surface area contributed by atoms with Gasteiger partial charge in [-0.2, -0.15) is 0 Å². The zero-order valence-electron chi connectivity index (χ0n) is 14.1. The van der Waals surface area contributed by atoms with Gasteiger partial charge in [0.05, 0.1) is 0 Å². The molecule has 2 amide bonds. The quantitative estimate of drug-likeness (QED) is 0.851. The van der Waals surface area contributed by atoms with Crippen LogP contribution in [-0.2, 0) is 9.59 Å². The molecular formula is C17H30N2O2. The lowest BCUT2D eigenvalue weighted by molar-refractivity contribution is -0.157. The molecular weight excluding hydrogens is 264 g/mol. The van der Waals surface area contributed by atoms with E-state index in [1.165, 1.54) is 6.42 Å². The second kappa shape index (κ2) is 5.98. The van der Waals surface area contributed by atoms with Crippen molar-refractivity contribution in [1.29, 1.82) is 0 Å². The van der Waals surface area contributed by atoms with Gasteiger partial charge in [0.15, 0.2) is 0 Å². The highest BCUT2D eigenvalue weighted by Gasteiger charge is 2.47. The lowest BCUT2D eigenvalue weighted by Crippen LogP contribution is -2.69. The number of rotatable bonds is 2. The van der Waals surface area contributed by atoms with Gasteiger partial charge in [-0.25, -0.2) is 0 Å². The summed E-state index contributed by atoms with van der Waals surface area (Å²) in [6.45, 7) is 10.3. The summed E-state index contributed by atoms with van der Waals surface area (Å²) in [5.74, 6) is 0.630. The van der Waals surface area contributed by atoms with Crippen LogP contribution in [0.15, 0.2) is 0 Å². The summed E-state index contributed by atoms with van der Waals surface area (Å²) in [5.41, 5.74) is -0.248. The normalized spacial score (nSPS) is 34.8. The molecule has 21 heavy (non-hydrogen) atoms. The molecule has 2 aliphatic rings. The number of amides is 2. The molecule has 0 bridgehead atoms. The molecule has 0 aromatic heterocycles. The van der Waals surface area contributed by atoms with E-state index in [-0.39, 0.29) is 29.3 Å². The van der Waals surface area contributed by atoms with E-state index in [0.29, 0.717) is 12.3 Å². The Hall–Kier alpha value is -1.06. The maximum atomic E-state index is 13.0. The summed E-state index contributed by atoms with van der Waals surface area (Å²) in [5, 5.41) is 2.96. The average Bonchev–Trinajstić information content (AvgIpc) is 2.40. The maximum Gasteiger partial charge on any atom is 0.246 e. The Morgan fingerprint density at radius 2 is 1.81 bits per heavy atom. The van der Waals surface area contributed by atoms with Gasteiger partial charge >= 0.3 is 0 Å². The van der Waals surface area contributed by atoms with Crippen molar-refractivity contribution in [3.05, 3.63) is 0 Å². The van der Waals surface area contributed by atoms with E-state index in [1.807, 2.05) is 32.6 Å². The zero-order chi connectivity index (χ0) is 15.8. The molecule has 0 aromatic carbocycles. The molecule has 4 unspecified atom stereocenters. The molecule has 4 atom stereocenters. The second-order valence-corrected chi connectivity index (χ2v) is 7.81. The van der Waals surface area contributed by atoms with E-state index >= 15 is 0 Å². The van der Waals surface area contributed by atoms with Crippen LogP contribution in [0.5, 0.6) is 0 Å². The van der Waals surface area contributed by atoms with Gasteiger partial charge in [0, 0.05) is 6.04 Å². The van der Waals surface area contributed by atoms with Gasteiger partial charge in [0.25, 0.3) is 0 Å². The summed E-state index contributed by atoms with van der Waals surface area (Å²) < 4.78 is 0. The summed E-state index contributed by atoms with van der Waals surface area (Å²) in [6, 6.07) is -0.462. The van der Waals surface area contributed by atoms with E-state index in [2.05, 4.69) is 12.2 Å². The van der Waals surface area contributed by atoms with Crippen LogP contribution in [-0.4, -0.2) is 34.8 Å². The molecule has 0 aromatic rings. The fraction of sp³-hybridized carbons (Fsp3) is 0.882. The standard InChI is InChI=1S/C17H30N2O2/c1-6-12-15(20)18-14(17(3,4)5)16(21)19(12)13-10-8-7-9-11(13)2/h11-14H,6-10H2,1-5H3,(H,18,20). The van der Waals surface area contributed by atoms with Crippen LogP contribution in [0.25, 0.3) is 0 Å². The van der Waals surface area contributed by atoms with E-state index in [9.17, 15) is 9.59 Å². The third-order valence-electron chi connectivity index (χ3n) is 5.10. The van der Waals surface area contributed by atoms with Crippen LogP contribution in [0.1, 0.15) is 66.7 Å². The van der Waals surface area contributed by atoms with Gasteiger partial charge in [-0.1, -0.05) is 47.5 Å². The first-order valence-electron chi connectivity index (χ1n) is 8.40. The molecule has 1 N–H and O–H groups in total. The summed E-state index contributed by atoms with van der Waals surface area (Å²) in [4.78, 5) is 27.5. The second-order valence-electron chi connectivity index (χ2n) is 7.81. The summed E-state index contributed by atoms with van der Waals surface area (Å²) in [6.07, 6.45) is 5.29.